The van der Waals surface area contributed by atoms with Crippen LogP contribution in [0.25, 0.3) is 0 Å². The number of hydrogen-bond acceptors (Lipinski definition) is 5. The number of nitrogens with zero attached hydrogens (tertiary/aromatic N) is 2. The van der Waals surface area contributed by atoms with Crippen LogP contribution in [-0.2, 0) is 4.74 Å². The molecule has 0 aromatic heterocycles. The summed E-state index contributed by atoms with van der Waals surface area (Å²) in [5, 5.41) is 20.3. The molecule has 1 aliphatic rings. The molecule has 1 aromatic rings. The number of carboxylic acids is 1. The number of carbonyl (C=O) groups is 1. The number of carboxylic acid groups (broad SMARTS) is 1. The number of benzene rings is 1. The average Bonchev–Trinajstić information content (AvgIpc) is 2.62. The van der Waals surface area contributed by atoms with Gasteiger partial charge in [0.15, 0.2) is 0 Å². The maximum Gasteiger partial charge on any atom is 0.342 e. The molecule has 1 aromatic carbocycles. The Balaban J connectivity index is 2.47. The van der Waals surface area contributed by atoms with E-state index in [1.807, 2.05) is 11.8 Å². The standard InChI is InChI=1S/C13H16N2O5/c1-9-8-14(6-3-7-20-9)11-5-2-4-10(13(16)17)12(11)15(18)19/h2,4-5,9H,3,6-8H2,1H3,(H,16,17). The zero-order chi connectivity index (χ0) is 14.7. The topological polar surface area (TPSA) is 92.9 Å². The predicted molar refractivity (Wildman–Crippen MR) is 72.3 cm³/mol. The summed E-state index contributed by atoms with van der Waals surface area (Å²) in [5.74, 6) is -1.29. The Labute approximate surface area is 115 Å². The summed E-state index contributed by atoms with van der Waals surface area (Å²) in [6.07, 6.45) is 0.698. The van der Waals surface area contributed by atoms with Crippen molar-refractivity contribution >= 4 is 17.3 Å². The van der Waals surface area contributed by atoms with Crippen molar-refractivity contribution in [2.24, 2.45) is 0 Å². The van der Waals surface area contributed by atoms with Crippen LogP contribution in [0.5, 0.6) is 0 Å². The van der Waals surface area contributed by atoms with Gasteiger partial charge in [-0.05, 0) is 25.5 Å². The lowest BCUT2D eigenvalue weighted by atomic mass is 10.1. The second-order valence-corrected chi connectivity index (χ2v) is 4.72. The lowest BCUT2D eigenvalue weighted by Crippen LogP contribution is -2.31. The van der Waals surface area contributed by atoms with Gasteiger partial charge in [0.2, 0.25) is 0 Å². The first-order valence-electron chi connectivity index (χ1n) is 6.38. The van der Waals surface area contributed by atoms with Crippen molar-refractivity contribution in [1.29, 1.82) is 0 Å². The van der Waals surface area contributed by atoms with Crippen molar-refractivity contribution in [3.8, 4) is 0 Å². The quantitative estimate of drug-likeness (QED) is 0.671. The van der Waals surface area contributed by atoms with Gasteiger partial charge in [-0.1, -0.05) is 6.07 Å². The van der Waals surface area contributed by atoms with Crippen molar-refractivity contribution in [3.05, 3.63) is 33.9 Å². The van der Waals surface area contributed by atoms with E-state index in [0.717, 1.165) is 6.42 Å². The van der Waals surface area contributed by atoms with Gasteiger partial charge in [-0.15, -0.1) is 0 Å². The van der Waals surface area contributed by atoms with Crippen LogP contribution in [0.15, 0.2) is 18.2 Å². The minimum atomic E-state index is -1.29. The molecule has 2 rings (SSSR count). The van der Waals surface area contributed by atoms with Gasteiger partial charge in [-0.2, -0.15) is 0 Å². The third-order valence-corrected chi connectivity index (χ3v) is 3.22. The van der Waals surface area contributed by atoms with Gasteiger partial charge in [0.05, 0.1) is 11.0 Å². The number of rotatable bonds is 3. The van der Waals surface area contributed by atoms with Crippen LogP contribution in [0.1, 0.15) is 23.7 Å². The first-order valence-corrected chi connectivity index (χ1v) is 6.38. The van der Waals surface area contributed by atoms with E-state index in [1.165, 1.54) is 12.1 Å². The van der Waals surface area contributed by atoms with Crippen molar-refractivity contribution in [3.63, 3.8) is 0 Å². The third kappa shape index (κ3) is 2.88. The van der Waals surface area contributed by atoms with Gasteiger partial charge in [0.1, 0.15) is 11.3 Å². The molecule has 0 saturated carbocycles. The molecule has 0 spiro atoms. The smallest absolute Gasteiger partial charge is 0.342 e. The fourth-order valence-corrected chi connectivity index (χ4v) is 2.36. The zero-order valence-electron chi connectivity index (χ0n) is 11.1. The molecule has 108 valence electrons. The summed E-state index contributed by atoms with van der Waals surface area (Å²) in [6.45, 7) is 3.60. The molecule has 1 heterocycles. The first kappa shape index (κ1) is 14.3. The van der Waals surface area contributed by atoms with Crippen LogP contribution in [0.4, 0.5) is 11.4 Å². The van der Waals surface area contributed by atoms with E-state index in [1.54, 1.807) is 6.07 Å². The Morgan fingerprint density at radius 3 is 2.95 bits per heavy atom. The van der Waals surface area contributed by atoms with E-state index in [9.17, 15) is 14.9 Å². The number of nitro groups is 1. The molecule has 0 bridgehead atoms. The second-order valence-electron chi connectivity index (χ2n) is 4.72. The highest BCUT2D eigenvalue weighted by Gasteiger charge is 2.28. The molecule has 7 heteroatoms. The summed E-state index contributed by atoms with van der Waals surface area (Å²) in [7, 11) is 0. The Morgan fingerprint density at radius 1 is 1.55 bits per heavy atom. The van der Waals surface area contributed by atoms with Crippen molar-refractivity contribution < 1.29 is 19.6 Å². The maximum atomic E-state index is 11.2. The van der Waals surface area contributed by atoms with Gasteiger partial charge in [0, 0.05) is 19.7 Å². The van der Waals surface area contributed by atoms with Crippen molar-refractivity contribution in [2.45, 2.75) is 19.4 Å². The summed E-state index contributed by atoms with van der Waals surface area (Å²) in [4.78, 5) is 23.6. The largest absolute Gasteiger partial charge is 0.477 e. The van der Waals surface area contributed by atoms with Crippen LogP contribution in [-0.4, -0.2) is 41.8 Å². The number of ether oxygens (including phenoxy) is 1. The molecule has 1 saturated heterocycles. The molecule has 0 aliphatic carbocycles. The number of hydrogen-bond donors (Lipinski definition) is 1. The lowest BCUT2D eigenvalue weighted by Gasteiger charge is -2.24. The van der Waals surface area contributed by atoms with Gasteiger partial charge < -0.3 is 14.7 Å². The molecular weight excluding hydrogens is 264 g/mol. The molecule has 1 fully saturated rings. The van der Waals surface area contributed by atoms with Crippen LogP contribution >= 0.6 is 0 Å². The highest BCUT2D eigenvalue weighted by molar-refractivity contribution is 5.95. The fraction of sp³-hybridized carbons (Fsp3) is 0.462. The number of nitro benzene ring substituents is 1. The lowest BCUT2D eigenvalue weighted by molar-refractivity contribution is -0.384. The predicted octanol–water partition coefficient (Wildman–Crippen LogP) is 1.91. The molecule has 0 radical (unpaired) electrons. The molecule has 0 amide bonds. The number of para-hydroxylation sites is 1. The van der Waals surface area contributed by atoms with E-state index >= 15 is 0 Å². The molecular formula is C13H16N2O5. The van der Waals surface area contributed by atoms with E-state index in [0.29, 0.717) is 25.4 Å². The van der Waals surface area contributed by atoms with Crippen molar-refractivity contribution in [1.82, 2.24) is 0 Å². The monoisotopic (exact) mass is 280 g/mol. The Kier molecular flexibility index (Phi) is 4.19. The minimum absolute atomic E-state index is 0.0504. The SMILES string of the molecule is CC1CN(c2cccc(C(=O)O)c2[N+](=O)[O-])CCCO1. The molecule has 1 aliphatic heterocycles. The van der Waals surface area contributed by atoms with Gasteiger partial charge in [-0.3, -0.25) is 10.1 Å². The summed E-state index contributed by atoms with van der Waals surface area (Å²) >= 11 is 0. The molecule has 7 nitrogen and oxygen atoms in total. The van der Waals surface area contributed by atoms with Crippen LogP contribution in [0, 0.1) is 10.1 Å². The number of anilines is 1. The Bertz CT molecular complexity index is 531. The van der Waals surface area contributed by atoms with E-state index < -0.39 is 10.9 Å². The Morgan fingerprint density at radius 2 is 2.30 bits per heavy atom. The summed E-state index contributed by atoms with van der Waals surface area (Å²) in [5.41, 5.74) is -0.299. The molecule has 1 N–H and O–H groups in total. The summed E-state index contributed by atoms with van der Waals surface area (Å²) in [6, 6.07) is 4.37. The first-order chi connectivity index (χ1) is 9.50. The third-order valence-electron chi connectivity index (χ3n) is 3.22. The number of aromatic carboxylic acids is 1. The van der Waals surface area contributed by atoms with Crippen LogP contribution in [0.3, 0.4) is 0 Å². The van der Waals surface area contributed by atoms with E-state index in [4.69, 9.17) is 9.84 Å². The Hall–Kier alpha value is -2.15. The summed E-state index contributed by atoms with van der Waals surface area (Å²) < 4.78 is 5.50. The van der Waals surface area contributed by atoms with E-state index in [-0.39, 0.29) is 17.4 Å². The minimum Gasteiger partial charge on any atom is -0.477 e. The molecule has 1 atom stereocenters. The zero-order valence-corrected chi connectivity index (χ0v) is 11.1. The van der Waals surface area contributed by atoms with Crippen molar-refractivity contribution in [2.75, 3.05) is 24.6 Å². The fourth-order valence-electron chi connectivity index (χ4n) is 2.36. The van der Waals surface area contributed by atoms with Gasteiger partial charge >= 0.3 is 11.7 Å². The van der Waals surface area contributed by atoms with Crippen LogP contribution < -0.4 is 4.90 Å². The second kappa shape index (κ2) is 5.87. The van der Waals surface area contributed by atoms with Crippen LogP contribution in [0.2, 0.25) is 0 Å². The van der Waals surface area contributed by atoms with Gasteiger partial charge in [-0.25, -0.2) is 4.79 Å². The van der Waals surface area contributed by atoms with Gasteiger partial charge in [0.25, 0.3) is 0 Å². The molecule has 1 unspecified atom stereocenters. The van der Waals surface area contributed by atoms with E-state index in [2.05, 4.69) is 0 Å². The highest BCUT2D eigenvalue weighted by atomic mass is 16.6. The molecule has 20 heavy (non-hydrogen) atoms. The maximum absolute atomic E-state index is 11.2. The normalized spacial score (nSPS) is 19.4. The average molecular weight is 280 g/mol. The highest BCUT2D eigenvalue weighted by Crippen LogP contribution is 2.32.